The summed E-state index contributed by atoms with van der Waals surface area (Å²) in [7, 11) is -3.75. The molecule has 4 heteroatoms. The van der Waals surface area contributed by atoms with Gasteiger partial charge in [-0.1, -0.05) is 159 Å². The first-order valence-corrected chi connectivity index (χ1v) is 20.9. The highest BCUT2D eigenvalue weighted by molar-refractivity contribution is 7.92. The molecule has 0 bridgehead atoms. The zero-order valence-corrected chi connectivity index (χ0v) is 32.4. The number of anilines is 3. The molecule has 1 heterocycles. The maximum Gasteiger partial charge on any atom is 0.208 e. The van der Waals surface area contributed by atoms with E-state index >= 15 is 0 Å². The molecule has 2 aliphatic rings. The lowest BCUT2D eigenvalue weighted by Gasteiger charge is -2.29. The fourth-order valence-corrected chi connectivity index (χ4v) is 11.3. The van der Waals surface area contributed by atoms with Crippen LogP contribution in [0.1, 0.15) is 25.0 Å². The Hall–Kier alpha value is -6.75. The molecule has 3 nitrogen and oxygen atoms in total. The fraction of sp³-hybridized carbons (Fsp3) is 0.0566. The van der Waals surface area contributed by atoms with E-state index in [0.29, 0.717) is 15.4 Å². The summed E-state index contributed by atoms with van der Waals surface area (Å²) >= 11 is 0. The predicted octanol–water partition coefficient (Wildman–Crippen LogP) is 13.9. The second kappa shape index (κ2) is 12.4. The van der Waals surface area contributed by atoms with Gasteiger partial charge in [-0.15, -0.1) is 0 Å². The first-order chi connectivity index (χ1) is 27.8. The lowest BCUT2D eigenvalue weighted by molar-refractivity contribution is 0.599. The summed E-state index contributed by atoms with van der Waals surface area (Å²) < 4.78 is 28.6. The molecule has 0 amide bonds. The van der Waals surface area contributed by atoms with Crippen LogP contribution in [0.2, 0.25) is 0 Å². The van der Waals surface area contributed by atoms with Crippen LogP contribution in [-0.2, 0) is 15.3 Å². The van der Waals surface area contributed by atoms with Crippen molar-refractivity contribution in [1.82, 2.24) is 0 Å². The molecule has 0 fully saturated rings. The summed E-state index contributed by atoms with van der Waals surface area (Å²) in [6, 6.07) is 65.2. The molecule has 0 saturated heterocycles. The largest absolute Gasteiger partial charge is 0.310 e. The van der Waals surface area contributed by atoms with Crippen LogP contribution in [0.4, 0.5) is 17.1 Å². The standard InChI is InChI=1S/C53H37NO2S/c1-53(2)48-22-11-10-18-43(48)44-29-28-39(33-49(44)53)54(50-32-37-15-6-7-16-40(37)42-17-8-9-19-45(42)50)38-26-23-35(24-27-38)41-20-12-21-46-47-31-36(34-13-4-3-5-14-34)25-30-51(47)57(55,56)52(41)46/h3-33H,1-2H3. The minimum Gasteiger partial charge on any atom is -0.310 e. The molecule has 9 aromatic carbocycles. The van der Waals surface area contributed by atoms with E-state index in [-0.39, 0.29) is 5.41 Å². The van der Waals surface area contributed by atoms with Crippen LogP contribution in [0.5, 0.6) is 0 Å². The summed E-state index contributed by atoms with van der Waals surface area (Å²) in [4.78, 5) is 3.10. The minimum atomic E-state index is -3.75. The Morgan fingerprint density at radius 2 is 1.05 bits per heavy atom. The number of nitrogens with zero attached hydrogens (tertiary/aromatic N) is 1. The van der Waals surface area contributed by atoms with E-state index in [9.17, 15) is 8.42 Å². The average molecular weight is 752 g/mol. The molecule has 0 spiro atoms. The number of sulfone groups is 1. The Labute approximate surface area is 333 Å². The highest BCUT2D eigenvalue weighted by atomic mass is 32.2. The van der Waals surface area contributed by atoms with Crippen LogP contribution in [0.3, 0.4) is 0 Å². The van der Waals surface area contributed by atoms with Gasteiger partial charge in [0, 0.05) is 38.9 Å². The van der Waals surface area contributed by atoms with E-state index < -0.39 is 9.84 Å². The molecular weight excluding hydrogens is 715 g/mol. The van der Waals surface area contributed by atoms with Gasteiger partial charge in [-0.3, -0.25) is 0 Å². The molecule has 0 unspecified atom stereocenters. The Morgan fingerprint density at radius 1 is 0.421 bits per heavy atom. The topological polar surface area (TPSA) is 37.4 Å². The Bertz CT molecular complexity index is 3220. The summed E-state index contributed by atoms with van der Waals surface area (Å²) in [5.74, 6) is 0. The van der Waals surface area contributed by atoms with Crippen LogP contribution in [0, 0.1) is 0 Å². The molecule has 272 valence electrons. The summed E-state index contributed by atoms with van der Waals surface area (Å²) in [6.45, 7) is 4.64. The van der Waals surface area contributed by atoms with Crippen LogP contribution in [0.15, 0.2) is 198 Å². The first kappa shape index (κ1) is 33.6. The molecule has 0 saturated carbocycles. The number of rotatable bonds is 5. The van der Waals surface area contributed by atoms with Gasteiger partial charge < -0.3 is 4.90 Å². The lowest BCUT2D eigenvalue weighted by atomic mass is 9.82. The molecule has 1 aliphatic carbocycles. The maximum atomic E-state index is 14.3. The third-order valence-electron chi connectivity index (χ3n) is 12.2. The first-order valence-electron chi connectivity index (χ1n) is 19.4. The van der Waals surface area contributed by atoms with Crippen molar-refractivity contribution in [1.29, 1.82) is 0 Å². The molecule has 0 radical (unpaired) electrons. The molecule has 0 N–H and O–H groups in total. The number of benzene rings is 9. The summed E-state index contributed by atoms with van der Waals surface area (Å²) in [6.07, 6.45) is 0. The monoisotopic (exact) mass is 751 g/mol. The molecular formula is C53H37NO2S. The molecule has 1 aliphatic heterocycles. The van der Waals surface area contributed by atoms with Gasteiger partial charge in [0.2, 0.25) is 9.84 Å². The van der Waals surface area contributed by atoms with Crippen molar-refractivity contribution in [2.24, 2.45) is 0 Å². The van der Waals surface area contributed by atoms with Gasteiger partial charge in [0.1, 0.15) is 0 Å². The SMILES string of the molecule is CC1(C)c2ccccc2-c2ccc(N(c3ccc(-c4cccc5c4S(=O)(=O)c4ccc(-c6ccccc6)cc4-5)cc3)c3cc4ccccc4c4ccccc34)cc21. The van der Waals surface area contributed by atoms with Gasteiger partial charge in [0.25, 0.3) is 0 Å². The third kappa shape index (κ3) is 5.00. The van der Waals surface area contributed by atoms with E-state index in [2.05, 4.69) is 152 Å². The van der Waals surface area contributed by atoms with E-state index in [0.717, 1.165) is 50.3 Å². The molecule has 0 aromatic heterocycles. The maximum absolute atomic E-state index is 14.3. The smallest absolute Gasteiger partial charge is 0.208 e. The third-order valence-corrected chi connectivity index (χ3v) is 14.1. The second-order valence-corrected chi connectivity index (χ2v) is 17.6. The highest BCUT2D eigenvalue weighted by Crippen LogP contribution is 2.52. The number of hydrogen-bond donors (Lipinski definition) is 0. The molecule has 57 heavy (non-hydrogen) atoms. The van der Waals surface area contributed by atoms with Crippen molar-refractivity contribution in [3.8, 4) is 44.5 Å². The zero-order chi connectivity index (χ0) is 38.5. The Balaban J connectivity index is 1.08. The predicted molar refractivity (Wildman–Crippen MR) is 235 cm³/mol. The van der Waals surface area contributed by atoms with E-state index in [1.807, 2.05) is 48.5 Å². The van der Waals surface area contributed by atoms with Gasteiger partial charge in [-0.05, 0) is 97.6 Å². The van der Waals surface area contributed by atoms with Crippen molar-refractivity contribution < 1.29 is 8.42 Å². The lowest BCUT2D eigenvalue weighted by Crippen LogP contribution is -2.16. The highest BCUT2D eigenvalue weighted by Gasteiger charge is 2.37. The minimum absolute atomic E-state index is 0.165. The quantitative estimate of drug-likeness (QED) is 0.164. The average Bonchev–Trinajstić information content (AvgIpc) is 3.63. The van der Waals surface area contributed by atoms with Crippen LogP contribution in [0.25, 0.3) is 66.1 Å². The van der Waals surface area contributed by atoms with Crippen LogP contribution < -0.4 is 4.90 Å². The van der Waals surface area contributed by atoms with Gasteiger partial charge in [0.15, 0.2) is 0 Å². The normalized spacial score (nSPS) is 14.2. The van der Waals surface area contributed by atoms with E-state index in [4.69, 9.17) is 0 Å². The molecule has 11 rings (SSSR count). The second-order valence-electron chi connectivity index (χ2n) is 15.7. The summed E-state index contributed by atoms with van der Waals surface area (Å²) in [5, 5.41) is 4.74. The van der Waals surface area contributed by atoms with Gasteiger partial charge in [-0.2, -0.15) is 0 Å². The van der Waals surface area contributed by atoms with Gasteiger partial charge >= 0.3 is 0 Å². The Morgan fingerprint density at radius 3 is 1.88 bits per heavy atom. The van der Waals surface area contributed by atoms with Gasteiger partial charge in [0.05, 0.1) is 15.5 Å². The van der Waals surface area contributed by atoms with E-state index in [1.54, 1.807) is 6.07 Å². The summed E-state index contributed by atoms with van der Waals surface area (Å²) in [5.41, 5.74) is 13.3. The van der Waals surface area contributed by atoms with Crippen molar-refractivity contribution in [3.63, 3.8) is 0 Å². The van der Waals surface area contributed by atoms with Crippen molar-refractivity contribution >= 4 is 48.4 Å². The molecule has 9 aromatic rings. The van der Waals surface area contributed by atoms with Gasteiger partial charge in [-0.25, -0.2) is 8.42 Å². The number of hydrogen-bond acceptors (Lipinski definition) is 3. The Kier molecular flexibility index (Phi) is 7.29. The zero-order valence-electron chi connectivity index (χ0n) is 31.6. The number of fused-ring (bicyclic) bond motifs is 9. The molecule has 0 atom stereocenters. The fourth-order valence-electron chi connectivity index (χ4n) is 9.43. The van der Waals surface area contributed by atoms with E-state index in [1.165, 1.54) is 38.4 Å². The van der Waals surface area contributed by atoms with Crippen molar-refractivity contribution in [2.75, 3.05) is 4.90 Å². The van der Waals surface area contributed by atoms with Crippen molar-refractivity contribution in [3.05, 3.63) is 199 Å². The van der Waals surface area contributed by atoms with Crippen LogP contribution in [-0.4, -0.2) is 8.42 Å². The van der Waals surface area contributed by atoms with Crippen LogP contribution >= 0.6 is 0 Å². The van der Waals surface area contributed by atoms with Crippen molar-refractivity contribution in [2.45, 2.75) is 29.1 Å².